The first-order valence-electron chi connectivity index (χ1n) is 2.19. The Hall–Kier alpha value is -1.32. The maximum absolute atomic E-state index is 10.3. The van der Waals surface area contributed by atoms with Crippen LogP contribution in [0.4, 0.5) is 0 Å². The van der Waals surface area contributed by atoms with E-state index in [2.05, 4.69) is 21.3 Å². The summed E-state index contributed by atoms with van der Waals surface area (Å²) in [6.07, 6.45) is 1.92. The zero-order valence-electron chi connectivity index (χ0n) is 5.03. The summed E-state index contributed by atoms with van der Waals surface area (Å²) in [5, 5.41) is 3.14. The van der Waals surface area contributed by atoms with Crippen LogP contribution in [0.25, 0.3) is 0 Å². The molecule has 0 aromatic rings. The molecule has 0 aromatic carbocycles. The molecule has 0 saturated heterocycles. The maximum atomic E-state index is 10.3. The monoisotopic (exact) mass is 129 g/mol. The van der Waals surface area contributed by atoms with Gasteiger partial charge in [0.2, 0.25) is 0 Å². The predicted molar refractivity (Wildman–Crippen MR) is 31.8 cm³/mol. The summed E-state index contributed by atoms with van der Waals surface area (Å²) in [7, 11) is 1.33. The lowest BCUT2D eigenvalue weighted by atomic mass is 10.8. The molecule has 0 aliphatic heterocycles. The quantitative estimate of drug-likeness (QED) is 0.238. The third-order valence-corrected chi connectivity index (χ3v) is 0.463. The molecule has 0 N–H and O–H groups in total. The highest BCUT2D eigenvalue weighted by Gasteiger charge is 1.90. The molecule has 0 atom stereocenters. The Morgan fingerprint density at radius 1 is 1.78 bits per heavy atom. The lowest BCUT2D eigenvalue weighted by molar-refractivity contribution is -0.129. The van der Waals surface area contributed by atoms with Crippen molar-refractivity contribution in [1.82, 2.24) is 0 Å². The molecule has 0 aromatic heterocycles. The topological polar surface area (TPSA) is 47.9 Å². The minimum Gasteiger partial charge on any atom is -0.431 e. The van der Waals surface area contributed by atoms with Crippen LogP contribution in [-0.2, 0) is 14.4 Å². The highest BCUT2D eigenvalue weighted by atomic mass is 16.6. The first-order valence-corrected chi connectivity index (χ1v) is 2.19. The van der Waals surface area contributed by atoms with E-state index in [0.29, 0.717) is 0 Å². The van der Waals surface area contributed by atoms with Crippen molar-refractivity contribution in [2.45, 2.75) is 0 Å². The average molecular weight is 129 g/mol. The van der Waals surface area contributed by atoms with Gasteiger partial charge in [0.1, 0.15) is 7.11 Å². The first kappa shape index (κ1) is 7.68. The van der Waals surface area contributed by atoms with Crippen LogP contribution in [0.1, 0.15) is 0 Å². The normalized spacial score (nSPS) is 9.00. The second kappa shape index (κ2) is 4.83. The summed E-state index contributed by atoms with van der Waals surface area (Å²) in [6.45, 7) is 3.16. The number of carbonyl (C=O) groups is 1. The van der Waals surface area contributed by atoms with Crippen molar-refractivity contribution >= 4 is 12.2 Å². The van der Waals surface area contributed by atoms with E-state index < -0.39 is 5.97 Å². The van der Waals surface area contributed by atoms with E-state index in [1.165, 1.54) is 7.11 Å². The van der Waals surface area contributed by atoms with E-state index in [0.717, 1.165) is 12.5 Å². The molecule has 0 aliphatic rings. The van der Waals surface area contributed by atoms with Crippen molar-refractivity contribution in [2.75, 3.05) is 7.11 Å². The molecule has 50 valence electrons. The zero-order chi connectivity index (χ0) is 7.11. The number of nitrogens with zero attached hydrogens (tertiary/aromatic N) is 1. The number of esters is 1. The van der Waals surface area contributed by atoms with Gasteiger partial charge < -0.3 is 9.57 Å². The minimum absolute atomic E-state index is 0.605. The van der Waals surface area contributed by atoms with E-state index in [4.69, 9.17) is 0 Å². The molecule has 0 rings (SSSR count). The molecule has 0 bridgehead atoms. The summed E-state index contributed by atoms with van der Waals surface area (Å²) >= 11 is 0. The summed E-state index contributed by atoms with van der Waals surface area (Å²) < 4.78 is 4.24. The Morgan fingerprint density at radius 3 is 2.89 bits per heavy atom. The molecule has 0 amide bonds. The van der Waals surface area contributed by atoms with Crippen molar-refractivity contribution in [3.63, 3.8) is 0 Å². The summed E-state index contributed by atoms with van der Waals surface area (Å²) in [5.74, 6) is -0.605. The Bertz CT molecular complexity index is 130. The van der Waals surface area contributed by atoms with Crippen molar-refractivity contribution in [1.29, 1.82) is 0 Å². The van der Waals surface area contributed by atoms with Gasteiger partial charge in [0, 0.05) is 0 Å². The fraction of sp³-hybridized carbons (Fsp3) is 0.200. The third kappa shape index (κ3) is 4.53. The van der Waals surface area contributed by atoms with E-state index in [1.807, 2.05) is 0 Å². The molecule has 4 nitrogen and oxygen atoms in total. The van der Waals surface area contributed by atoms with Gasteiger partial charge in [-0.2, -0.15) is 0 Å². The van der Waals surface area contributed by atoms with E-state index in [-0.39, 0.29) is 0 Å². The van der Waals surface area contributed by atoms with Crippen LogP contribution in [0.15, 0.2) is 18.0 Å². The van der Waals surface area contributed by atoms with Gasteiger partial charge in [-0.3, -0.25) is 0 Å². The van der Waals surface area contributed by atoms with Crippen molar-refractivity contribution < 1.29 is 14.4 Å². The predicted octanol–water partition coefficient (Wildman–Crippen LogP) is 0.305. The van der Waals surface area contributed by atoms with E-state index >= 15 is 0 Å². The smallest absolute Gasteiger partial charge is 0.357 e. The standard InChI is InChI=1S/C5H7NO3/c1-3-9-5(7)4-6-8-2/h3-4H,1H2,2H3. The zero-order valence-corrected chi connectivity index (χ0v) is 5.03. The van der Waals surface area contributed by atoms with Gasteiger partial charge in [-0.25, -0.2) is 4.79 Å². The number of oxime groups is 1. The molecule has 0 fully saturated rings. The van der Waals surface area contributed by atoms with E-state index in [1.54, 1.807) is 0 Å². The van der Waals surface area contributed by atoms with Crippen LogP contribution in [0.5, 0.6) is 0 Å². The van der Waals surface area contributed by atoms with Gasteiger partial charge in [0.15, 0.2) is 6.21 Å². The summed E-state index contributed by atoms with van der Waals surface area (Å²) in [4.78, 5) is 14.5. The summed E-state index contributed by atoms with van der Waals surface area (Å²) in [6, 6.07) is 0. The first-order chi connectivity index (χ1) is 4.31. The molecule has 9 heavy (non-hydrogen) atoms. The van der Waals surface area contributed by atoms with Gasteiger partial charge in [-0.05, 0) is 0 Å². The fourth-order valence-corrected chi connectivity index (χ4v) is 0.208. The maximum Gasteiger partial charge on any atom is 0.357 e. The van der Waals surface area contributed by atoms with Gasteiger partial charge >= 0.3 is 5.97 Å². The highest BCUT2D eigenvalue weighted by molar-refractivity contribution is 6.23. The molecule has 0 heterocycles. The van der Waals surface area contributed by atoms with Crippen LogP contribution in [-0.4, -0.2) is 19.3 Å². The Kier molecular flexibility index (Phi) is 4.12. The number of hydrogen-bond donors (Lipinski definition) is 0. The Balaban J connectivity index is 3.49. The second-order valence-electron chi connectivity index (χ2n) is 1.02. The van der Waals surface area contributed by atoms with Crippen LogP contribution in [0, 0.1) is 0 Å². The van der Waals surface area contributed by atoms with Crippen LogP contribution < -0.4 is 0 Å². The molecule has 0 spiro atoms. The molecular formula is C5H7NO3. The van der Waals surface area contributed by atoms with Crippen LogP contribution in [0.2, 0.25) is 0 Å². The van der Waals surface area contributed by atoms with Gasteiger partial charge in [-0.1, -0.05) is 11.7 Å². The molecule has 0 unspecified atom stereocenters. The lowest BCUT2D eigenvalue weighted by Crippen LogP contribution is -1.99. The van der Waals surface area contributed by atoms with Crippen molar-refractivity contribution in [3.8, 4) is 0 Å². The number of hydrogen-bond acceptors (Lipinski definition) is 4. The number of rotatable bonds is 3. The van der Waals surface area contributed by atoms with Gasteiger partial charge in [0.25, 0.3) is 0 Å². The van der Waals surface area contributed by atoms with Gasteiger partial charge in [-0.15, -0.1) is 0 Å². The summed E-state index contributed by atoms with van der Waals surface area (Å²) in [5.41, 5.74) is 0. The van der Waals surface area contributed by atoms with E-state index in [9.17, 15) is 4.79 Å². The Morgan fingerprint density at radius 2 is 2.44 bits per heavy atom. The Labute approximate surface area is 52.7 Å². The van der Waals surface area contributed by atoms with Crippen LogP contribution in [0.3, 0.4) is 0 Å². The lowest BCUT2D eigenvalue weighted by Gasteiger charge is -1.87. The third-order valence-electron chi connectivity index (χ3n) is 0.463. The van der Waals surface area contributed by atoms with Crippen LogP contribution >= 0.6 is 0 Å². The molecule has 0 radical (unpaired) electrons. The fourth-order valence-electron chi connectivity index (χ4n) is 0.208. The molecule has 4 heteroatoms. The SMILES string of the molecule is C=COC(=O)C=NOC. The largest absolute Gasteiger partial charge is 0.431 e. The second-order valence-corrected chi connectivity index (χ2v) is 1.02. The molecule has 0 saturated carbocycles. The minimum atomic E-state index is -0.605. The highest BCUT2D eigenvalue weighted by Crippen LogP contribution is 1.73. The van der Waals surface area contributed by atoms with Crippen molar-refractivity contribution in [3.05, 3.63) is 12.8 Å². The molecular weight excluding hydrogens is 122 g/mol. The van der Waals surface area contributed by atoms with Gasteiger partial charge in [0.05, 0.1) is 6.26 Å². The number of ether oxygens (including phenoxy) is 1. The number of carbonyl (C=O) groups excluding carboxylic acids is 1. The average Bonchev–Trinajstić information content (AvgIpc) is 1.85. The molecule has 0 aliphatic carbocycles. The van der Waals surface area contributed by atoms with Crippen molar-refractivity contribution in [2.24, 2.45) is 5.16 Å².